The predicted molar refractivity (Wildman–Crippen MR) is 183 cm³/mol. The van der Waals surface area contributed by atoms with E-state index in [1.54, 1.807) is 18.2 Å². The van der Waals surface area contributed by atoms with E-state index in [2.05, 4.69) is 42.4 Å². The fourth-order valence-electron chi connectivity index (χ4n) is 7.62. The average Bonchev–Trinajstić information content (AvgIpc) is 3.66. The quantitative estimate of drug-likeness (QED) is 0.191. The summed E-state index contributed by atoms with van der Waals surface area (Å²) in [6.07, 6.45) is 10.5. The minimum atomic E-state index is -0.971. The van der Waals surface area contributed by atoms with Crippen LogP contribution in [0, 0.1) is 23.7 Å². The SMILES string of the molecule is C[C@H]1C=C[C@H]([C@@H](O)CC(=O)CCc2ccc(O)c(O[C@@H]3CC#C[C@H](O)c4ccc5c(c4CC4=CN=C6C[NH+]3C=C46)CCN[C@H]5N)c2)CC1. The monoisotopic (exact) mass is 649 g/mol. The van der Waals surface area contributed by atoms with Crippen LogP contribution in [0.2, 0.25) is 0 Å². The minimum Gasteiger partial charge on any atom is -0.504 e. The number of rotatable bonds is 8. The number of nitrogens with two attached hydrogens (primary N) is 1. The van der Waals surface area contributed by atoms with Crippen LogP contribution >= 0.6 is 0 Å². The maximum absolute atomic E-state index is 12.8. The van der Waals surface area contributed by atoms with E-state index in [0.29, 0.717) is 43.9 Å². The molecule has 2 bridgehead atoms. The van der Waals surface area contributed by atoms with Gasteiger partial charge < -0.3 is 25.8 Å². The van der Waals surface area contributed by atoms with Crippen LogP contribution in [0.4, 0.5) is 0 Å². The van der Waals surface area contributed by atoms with Crippen molar-refractivity contribution in [3.8, 4) is 23.3 Å². The molecule has 48 heavy (non-hydrogen) atoms. The summed E-state index contributed by atoms with van der Waals surface area (Å²) in [5.74, 6) is 7.14. The molecule has 0 aromatic heterocycles. The number of nitrogens with one attached hydrogen (secondary N) is 2. The predicted octanol–water partition coefficient (Wildman–Crippen LogP) is 2.86. The molecule has 250 valence electrons. The molecule has 2 aromatic rings. The number of ketones is 1. The van der Waals surface area contributed by atoms with Crippen LogP contribution in [0.3, 0.4) is 0 Å². The Morgan fingerprint density at radius 3 is 2.88 bits per heavy atom. The van der Waals surface area contributed by atoms with Gasteiger partial charge in [-0.2, -0.15) is 0 Å². The molecule has 5 aliphatic rings. The van der Waals surface area contributed by atoms with Gasteiger partial charge in [0.15, 0.2) is 11.5 Å². The molecule has 4 heterocycles. The first-order valence-corrected chi connectivity index (χ1v) is 17.2. The van der Waals surface area contributed by atoms with Gasteiger partial charge in [-0.25, -0.2) is 0 Å². The second-order valence-corrected chi connectivity index (χ2v) is 13.8. The van der Waals surface area contributed by atoms with Crippen LogP contribution < -0.4 is 20.7 Å². The lowest BCUT2D eigenvalue weighted by Crippen LogP contribution is -3.12. The number of Topliss-reactive ketones (excluding diaryl/α,β-unsaturated/α-hetero) is 1. The molecule has 7 rings (SSSR count). The number of hydrogen-bond donors (Lipinski definition) is 6. The lowest BCUT2D eigenvalue weighted by atomic mass is 9.84. The summed E-state index contributed by atoms with van der Waals surface area (Å²) in [7, 11) is 0. The van der Waals surface area contributed by atoms with Crippen LogP contribution in [0.1, 0.15) is 79.1 Å². The van der Waals surface area contributed by atoms with E-state index in [1.807, 2.05) is 18.3 Å². The second kappa shape index (κ2) is 13.8. The highest BCUT2D eigenvalue weighted by Crippen LogP contribution is 2.35. The van der Waals surface area contributed by atoms with Crippen molar-refractivity contribution in [2.24, 2.45) is 22.6 Å². The number of aliphatic hydroxyl groups excluding tert-OH is 2. The number of aromatic hydroxyl groups is 1. The van der Waals surface area contributed by atoms with Crippen molar-refractivity contribution in [2.75, 3.05) is 13.1 Å². The zero-order valence-corrected chi connectivity index (χ0v) is 27.4. The van der Waals surface area contributed by atoms with Gasteiger partial charge in [-0.15, -0.1) is 0 Å². The summed E-state index contributed by atoms with van der Waals surface area (Å²) in [5, 5.41) is 36.1. The molecule has 7 atom stereocenters. The van der Waals surface area contributed by atoms with Gasteiger partial charge in [0, 0.05) is 37.9 Å². The van der Waals surface area contributed by atoms with E-state index in [0.717, 1.165) is 69.8 Å². The summed E-state index contributed by atoms with van der Waals surface area (Å²) in [5.41, 5.74) is 14.5. The molecule has 1 unspecified atom stereocenters. The molecule has 0 fully saturated rings. The standard InChI is InChI=1S/C39H44N4O5/c1-23-5-9-25(10-6-23)36(47)19-27(44)11-7-24-8-14-35(46)37(17-24)48-38-4-2-3-34(45)29-12-13-30-28(15-16-41-39(30)40)31(29)18-26-20-42-33-22-43(38)21-32(26)33/h5,8-9,12-14,17,20-21,23,25,34,36,38-39,41,45-47H,4,6-7,10-11,15-16,18-19,22,40H2,1H3/p+1/t23-,25-,34-,36-,38+,39+/m0/s1. The van der Waals surface area contributed by atoms with Crippen molar-refractivity contribution >= 4 is 11.5 Å². The van der Waals surface area contributed by atoms with Crippen LogP contribution in [0.5, 0.6) is 11.5 Å². The molecular formula is C39H45N4O5+. The van der Waals surface area contributed by atoms with E-state index in [9.17, 15) is 20.1 Å². The molecule has 0 saturated carbocycles. The van der Waals surface area contributed by atoms with Crippen LogP contribution in [0.15, 0.2) is 71.0 Å². The summed E-state index contributed by atoms with van der Waals surface area (Å²) >= 11 is 0. The highest BCUT2D eigenvalue weighted by Gasteiger charge is 2.37. The van der Waals surface area contributed by atoms with E-state index in [-0.39, 0.29) is 30.0 Å². The van der Waals surface area contributed by atoms with Crippen molar-refractivity contribution < 1.29 is 29.8 Å². The van der Waals surface area contributed by atoms with Gasteiger partial charge in [-0.05, 0) is 77.1 Å². The lowest BCUT2D eigenvalue weighted by molar-refractivity contribution is -0.882. The van der Waals surface area contributed by atoms with Gasteiger partial charge in [-0.1, -0.05) is 49.1 Å². The number of fused-ring (bicyclic) bond motifs is 4. The topological polar surface area (TPSA) is 142 Å². The van der Waals surface area contributed by atoms with Crippen LogP contribution in [0.25, 0.3) is 0 Å². The third-order valence-corrected chi connectivity index (χ3v) is 10.5. The third kappa shape index (κ3) is 6.77. The molecule has 0 radical (unpaired) electrons. The van der Waals surface area contributed by atoms with E-state index in [1.165, 1.54) is 5.56 Å². The number of allylic oxidation sites excluding steroid dienone is 2. The molecule has 9 heteroatoms. The number of carbonyl (C=O) groups is 1. The Labute approximate surface area is 281 Å². The number of ether oxygens (including phenoxy) is 1. The van der Waals surface area contributed by atoms with Gasteiger partial charge in [0.05, 0.1) is 17.8 Å². The Bertz CT molecular complexity index is 1780. The highest BCUT2D eigenvalue weighted by molar-refractivity contribution is 6.08. The number of aliphatic hydroxyl groups is 2. The van der Waals surface area contributed by atoms with E-state index in [4.69, 9.17) is 15.5 Å². The summed E-state index contributed by atoms with van der Waals surface area (Å²) in [4.78, 5) is 18.6. The second-order valence-electron chi connectivity index (χ2n) is 13.8. The number of carbonyl (C=O) groups excluding carboxylic acids is 1. The molecule has 0 amide bonds. The number of benzene rings is 2. The van der Waals surface area contributed by atoms with Crippen molar-refractivity contribution in [1.29, 1.82) is 0 Å². The molecule has 2 aromatic carbocycles. The van der Waals surface area contributed by atoms with Crippen molar-refractivity contribution in [3.63, 3.8) is 0 Å². The van der Waals surface area contributed by atoms with Crippen LogP contribution in [-0.4, -0.2) is 52.2 Å². The Hall–Kier alpha value is -4.04. The largest absolute Gasteiger partial charge is 0.504 e. The summed E-state index contributed by atoms with van der Waals surface area (Å²) in [6, 6.07) is 9.13. The number of phenolic OH excluding ortho intramolecular Hbond substituents is 1. The molecule has 9 nitrogen and oxygen atoms in total. The first-order valence-electron chi connectivity index (χ1n) is 17.2. The zero-order valence-electron chi connectivity index (χ0n) is 27.4. The van der Waals surface area contributed by atoms with Gasteiger partial charge in [-0.3, -0.25) is 20.0 Å². The van der Waals surface area contributed by atoms with Gasteiger partial charge in [0.1, 0.15) is 36.8 Å². The minimum absolute atomic E-state index is 0.00805. The van der Waals surface area contributed by atoms with Gasteiger partial charge in [0.2, 0.25) is 6.23 Å². The summed E-state index contributed by atoms with van der Waals surface area (Å²) < 4.78 is 6.48. The molecule has 7 N–H and O–H groups in total. The number of phenols is 1. The lowest BCUT2D eigenvalue weighted by Gasteiger charge is -2.28. The Morgan fingerprint density at radius 1 is 1.19 bits per heavy atom. The van der Waals surface area contributed by atoms with Crippen molar-refractivity contribution in [1.82, 2.24) is 5.32 Å². The van der Waals surface area contributed by atoms with Gasteiger partial charge >= 0.3 is 0 Å². The van der Waals surface area contributed by atoms with E-state index < -0.39 is 18.4 Å². The third-order valence-electron chi connectivity index (χ3n) is 10.5. The Balaban J connectivity index is 1.08. The Kier molecular flexibility index (Phi) is 9.36. The summed E-state index contributed by atoms with van der Waals surface area (Å²) in [6.45, 7) is 3.55. The molecule has 4 aliphatic heterocycles. The number of nitrogens with zero attached hydrogens (tertiary/aromatic N) is 1. The molecule has 0 spiro atoms. The number of aryl methyl sites for hydroxylation is 1. The number of aliphatic imine (C=N–C) groups is 1. The fraction of sp³-hybridized carbons (Fsp3) is 0.436. The smallest absolute Gasteiger partial charge is 0.247 e. The van der Waals surface area contributed by atoms with Gasteiger partial charge in [0.25, 0.3) is 0 Å². The normalized spacial score (nSPS) is 28.0. The zero-order chi connectivity index (χ0) is 33.4. The fourth-order valence-corrected chi connectivity index (χ4v) is 7.62. The highest BCUT2D eigenvalue weighted by atomic mass is 16.5. The van der Waals surface area contributed by atoms with Crippen molar-refractivity contribution in [2.45, 2.75) is 82.9 Å². The maximum Gasteiger partial charge on any atom is 0.247 e. The van der Waals surface area contributed by atoms with Crippen molar-refractivity contribution in [3.05, 3.63) is 93.8 Å². The first kappa shape index (κ1) is 32.5. The Morgan fingerprint density at radius 2 is 2.04 bits per heavy atom. The number of quaternary nitrogens is 1. The maximum atomic E-state index is 12.8. The average molecular weight is 650 g/mol. The van der Waals surface area contributed by atoms with Crippen LogP contribution in [-0.2, 0) is 24.1 Å². The molecule has 0 saturated heterocycles. The first-order chi connectivity index (χ1) is 23.2. The number of hydrogen-bond acceptors (Lipinski definition) is 8. The molecule has 1 aliphatic carbocycles. The van der Waals surface area contributed by atoms with E-state index >= 15 is 0 Å². The molecular weight excluding hydrogens is 604 g/mol.